The molecule has 0 saturated heterocycles. The summed E-state index contributed by atoms with van der Waals surface area (Å²) in [6.07, 6.45) is 0. The minimum atomic E-state index is 0.526. The fourth-order valence-electron chi connectivity index (χ4n) is 1.52. The molecule has 2 nitrogen and oxygen atoms in total. The smallest absolute Gasteiger partial charge is 0.0612 e. The van der Waals surface area contributed by atoms with Gasteiger partial charge in [0.2, 0.25) is 0 Å². The van der Waals surface area contributed by atoms with Crippen molar-refractivity contribution in [3.63, 3.8) is 0 Å². The molecule has 0 bridgehead atoms. The summed E-state index contributed by atoms with van der Waals surface area (Å²) in [5.74, 6) is 0. The Balaban J connectivity index is 2.31. The van der Waals surface area contributed by atoms with E-state index in [1.165, 1.54) is 0 Å². The first kappa shape index (κ1) is 12.1. The standard InChI is InChI=1S/C13H12Cl2N2/c1-8-12(16)3-2-4-13(8)17-9-5-6-10(14)11(15)7-9/h2-7,17H,16H2,1H3. The number of hydrogen-bond acceptors (Lipinski definition) is 2. The van der Waals surface area contributed by atoms with E-state index in [0.29, 0.717) is 10.0 Å². The number of anilines is 3. The zero-order valence-electron chi connectivity index (χ0n) is 9.30. The number of nitrogens with one attached hydrogen (secondary N) is 1. The van der Waals surface area contributed by atoms with E-state index < -0.39 is 0 Å². The number of nitrogen functional groups attached to an aromatic ring is 1. The van der Waals surface area contributed by atoms with Gasteiger partial charge in [-0.2, -0.15) is 0 Å². The quantitative estimate of drug-likeness (QED) is 0.778. The molecule has 3 N–H and O–H groups in total. The number of hydrogen-bond donors (Lipinski definition) is 2. The lowest BCUT2D eigenvalue weighted by atomic mass is 10.1. The summed E-state index contributed by atoms with van der Waals surface area (Å²) in [5.41, 5.74) is 9.46. The second-order valence-electron chi connectivity index (χ2n) is 3.77. The largest absolute Gasteiger partial charge is 0.398 e. The Hall–Kier alpha value is -1.38. The van der Waals surface area contributed by atoms with Crippen LogP contribution < -0.4 is 11.1 Å². The van der Waals surface area contributed by atoms with E-state index in [2.05, 4.69) is 5.32 Å². The van der Waals surface area contributed by atoms with Gasteiger partial charge >= 0.3 is 0 Å². The molecule has 2 aromatic carbocycles. The molecule has 88 valence electrons. The lowest BCUT2D eigenvalue weighted by Gasteiger charge is -2.11. The molecule has 2 aromatic rings. The summed E-state index contributed by atoms with van der Waals surface area (Å²) >= 11 is 11.8. The van der Waals surface area contributed by atoms with Crippen LogP contribution in [0.4, 0.5) is 17.1 Å². The van der Waals surface area contributed by atoms with Gasteiger partial charge in [0.1, 0.15) is 0 Å². The number of benzene rings is 2. The Morgan fingerprint density at radius 2 is 1.82 bits per heavy atom. The molecule has 0 radical (unpaired) electrons. The van der Waals surface area contributed by atoms with Gasteiger partial charge in [-0.05, 0) is 42.8 Å². The van der Waals surface area contributed by atoms with Gasteiger partial charge in [0.15, 0.2) is 0 Å². The van der Waals surface area contributed by atoms with Crippen LogP contribution in [0.15, 0.2) is 36.4 Å². The Morgan fingerprint density at radius 3 is 2.53 bits per heavy atom. The molecule has 0 atom stereocenters. The van der Waals surface area contributed by atoms with E-state index in [9.17, 15) is 0 Å². The van der Waals surface area contributed by atoms with Crippen LogP contribution in [0.3, 0.4) is 0 Å². The van der Waals surface area contributed by atoms with Crippen molar-refractivity contribution in [3.8, 4) is 0 Å². The van der Waals surface area contributed by atoms with Gasteiger partial charge < -0.3 is 11.1 Å². The van der Waals surface area contributed by atoms with Crippen LogP contribution in [-0.2, 0) is 0 Å². The third-order valence-corrected chi connectivity index (χ3v) is 3.31. The Kier molecular flexibility index (Phi) is 3.46. The summed E-state index contributed by atoms with van der Waals surface area (Å²) in [6.45, 7) is 1.97. The van der Waals surface area contributed by atoms with E-state index in [-0.39, 0.29) is 0 Å². The summed E-state index contributed by atoms with van der Waals surface area (Å²) in [6, 6.07) is 11.2. The van der Waals surface area contributed by atoms with Gasteiger partial charge in [-0.3, -0.25) is 0 Å². The maximum atomic E-state index is 5.95. The van der Waals surface area contributed by atoms with Crippen LogP contribution >= 0.6 is 23.2 Å². The molecule has 0 aliphatic rings. The zero-order chi connectivity index (χ0) is 12.4. The predicted molar refractivity (Wildman–Crippen MR) is 75.3 cm³/mol. The first-order valence-electron chi connectivity index (χ1n) is 5.15. The number of rotatable bonds is 2. The van der Waals surface area contributed by atoms with Crippen molar-refractivity contribution >= 4 is 40.3 Å². The number of halogens is 2. The molecule has 0 spiro atoms. The zero-order valence-corrected chi connectivity index (χ0v) is 10.8. The van der Waals surface area contributed by atoms with Gasteiger partial charge in [0.05, 0.1) is 10.0 Å². The third kappa shape index (κ3) is 2.65. The lowest BCUT2D eigenvalue weighted by Crippen LogP contribution is -1.96. The molecule has 0 aromatic heterocycles. The van der Waals surface area contributed by atoms with Crippen molar-refractivity contribution in [2.45, 2.75) is 6.92 Å². The Bertz CT molecular complexity index is 553. The van der Waals surface area contributed by atoms with Crippen LogP contribution in [0, 0.1) is 6.92 Å². The highest BCUT2D eigenvalue weighted by Gasteiger charge is 2.03. The highest BCUT2D eigenvalue weighted by Crippen LogP contribution is 2.29. The Labute approximate surface area is 110 Å². The van der Waals surface area contributed by atoms with E-state index >= 15 is 0 Å². The molecule has 0 heterocycles. The molecular formula is C13H12Cl2N2. The summed E-state index contributed by atoms with van der Waals surface area (Å²) < 4.78 is 0. The molecule has 0 aliphatic heterocycles. The highest BCUT2D eigenvalue weighted by atomic mass is 35.5. The van der Waals surface area contributed by atoms with E-state index in [4.69, 9.17) is 28.9 Å². The van der Waals surface area contributed by atoms with Gasteiger partial charge in [-0.25, -0.2) is 0 Å². The van der Waals surface area contributed by atoms with Crippen molar-refractivity contribution in [2.24, 2.45) is 0 Å². The maximum Gasteiger partial charge on any atom is 0.0612 e. The van der Waals surface area contributed by atoms with E-state index in [0.717, 1.165) is 22.6 Å². The predicted octanol–water partition coefficient (Wildman–Crippen LogP) is 4.63. The summed E-state index contributed by atoms with van der Waals surface area (Å²) in [4.78, 5) is 0. The average molecular weight is 267 g/mol. The molecule has 4 heteroatoms. The Morgan fingerprint density at radius 1 is 1.06 bits per heavy atom. The van der Waals surface area contributed by atoms with Gasteiger partial charge in [-0.15, -0.1) is 0 Å². The molecule has 2 rings (SSSR count). The fraction of sp³-hybridized carbons (Fsp3) is 0.0769. The molecule has 0 amide bonds. The average Bonchev–Trinajstić information content (AvgIpc) is 2.30. The van der Waals surface area contributed by atoms with Crippen LogP contribution in [0.25, 0.3) is 0 Å². The van der Waals surface area contributed by atoms with Crippen molar-refractivity contribution < 1.29 is 0 Å². The monoisotopic (exact) mass is 266 g/mol. The van der Waals surface area contributed by atoms with Gasteiger partial charge in [-0.1, -0.05) is 29.3 Å². The van der Waals surface area contributed by atoms with E-state index in [1.807, 2.05) is 31.2 Å². The molecule has 0 saturated carbocycles. The van der Waals surface area contributed by atoms with E-state index in [1.54, 1.807) is 12.1 Å². The van der Waals surface area contributed by atoms with Gasteiger partial charge in [0, 0.05) is 17.1 Å². The van der Waals surface area contributed by atoms with Crippen LogP contribution in [0.1, 0.15) is 5.56 Å². The maximum absolute atomic E-state index is 5.95. The molecule has 0 fully saturated rings. The van der Waals surface area contributed by atoms with Crippen LogP contribution in [-0.4, -0.2) is 0 Å². The molecule has 17 heavy (non-hydrogen) atoms. The SMILES string of the molecule is Cc1c(N)cccc1Nc1ccc(Cl)c(Cl)c1. The second kappa shape index (κ2) is 4.86. The molecule has 0 unspecified atom stereocenters. The van der Waals surface area contributed by atoms with Crippen molar-refractivity contribution in [3.05, 3.63) is 52.0 Å². The molecular weight excluding hydrogens is 255 g/mol. The lowest BCUT2D eigenvalue weighted by molar-refractivity contribution is 1.43. The minimum Gasteiger partial charge on any atom is -0.398 e. The molecule has 0 aliphatic carbocycles. The van der Waals surface area contributed by atoms with Crippen molar-refractivity contribution in [1.82, 2.24) is 0 Å². The third-order valence-electron chi connectivity index (χ3n) is 2.57. The van der Waals surface area contributed by atoms with Crippen molar-refractivity contribution in [1.29, 1.82) is 0 Å². The topological polar surface area (TPSA) is 38.0 Å². The summed E-state index contributed by atoms with van der Waals surface area (Å²) in [5, 5.41) is 4.33. The first-order valence-corrected chi connectivity index (χ1v) is 5.90. The van der Waals surface area contributed by atoms with Crippen LogP contribution in [0.5, 0.6) is 0 Å². The normalized spacial score (nSPS) is 10.3. The minimum absolute atomic E-state index is 0.526. The number of nitrogens with two attached hydrogens (primary N) is 1. The highest BCUT2D eigenvalue weighted by molar-refractivity contribution is 6.42. The van der Waals surface area contributed by atoms with Crippen LogP contribution in [0.2, 0.25) is 10.0 Å². The second-order valence-corrected chi connectivity index (χ2v) is 4.59. The first-order chi connectivity index (χ1) is 8.08. The fourth-order valence-corrected chi connectivity index (χ4v) is 1.82. The van der Waals surface area contributed by atoms with Gasteiger partial charge in [0.25, 0.3) is 0 Å². The van der Waals surface area contributed by atoms with Crippen molar-refractivity contribution in [2.75, 3.05) is 11.1 Å². The summed E-state index contributed by atoms with van der Waals surface area (Å²) in [7, 11) is 0.